The van der Waals surface area contributed by atoms with Gasteiger partial charge in [0.05, 0.1) is 31.0 Å². The molecule has 22 heavy (non-hydrogen) atoms. The van der Waals surface area contributed by atoms with Crippen LogP contribution in [0.4, 0.5) is 0 Å². The minimum atomic E-state index is -2.09. The van der Waals surface area contributed by atoms with Crippen LogP contribution in [-0.2, 0) is 23.8 Å². The van der Waals surface area contributed by atoms with Crippen molar-refractivity contribution < 1.29 is 28.9 Å². The Labute approximate surface area is 128 Å². The summed E-state index contributed by atoms with van der Waals surface area (Å²) >= 11 is 0. The lowest BCUT2D eigenvalue weighted by Crippen LogP contribution is -2.53. The van der Waals surface area contributed by atoms with Gasteiger partial charge in [0.15, 0.2) is 0 Å². The molecule has 0 heterocycles. The Kier molecular flexibility index (Phi) is 6.04. The summed E-state index contributed by atoms with van der Waals surface area (Å²) in [6.45, 7) is 0. The fraction of sp³-hybridized carbons (Fsp3) is 0.400. The van der Waals surface area contributed by atoms with Crippen LogP contribution in [0, 0.1) is 17.2 Å². The maximum Gasteiger partial charge on any atom is 0.367 e. The van der Waals surface area contributed by atoms with E-state index in [2.05, 4.69) is 4.74 Å². The number of carboxylic acid groups (broad SMARTS) is 1. The zero-order valence-electron chi connectivity index (χ0n) is 12.4. The quantitative estimate of drug-likeness (QED) is 0.508. The number of ether oxygens (including phenoxy) is 3. The van der Waals surface area contributed by atoms with Crippen LogP contribution in [0.5, 0.6) is 0 Å². The fourth-order valence-corrected chi connectivity index (χ4v) is 2.33. The summed E-state index contributed by atoms with van der Waals surface area (Å²) < 4.78 is 15.0. The number of aliphatic carboxylic acids is 1. The van der Waals surface area contributed by atoms with Crippen LogP contribution < -0.4 is 5.11 Å². The van der Waals surface area contributed by atoms with Crippen LogP contribution in [-0.4, -0.2) is 39.1 Å². The number of esters is 1. The van der Waals surface area contributed by atoms with Crippen LogP contribution in [0.15, 0.2) is 30.3 Å². The number of rotatable bonds is 7. The number of hydrogen-bond donors (Lipinski definition) is 0. The highest BCUT2D eigenvalue weighted by atomic mass is 16.7. The van der Waals surface area contributed by atoms with E-state index in [4.69, 9.17) is 9.47 Å². The molecule has 7 nitrogen and oxygen atoms in total. The predicted octanol–water partition coefficient (Wildman–Crippen LogP) is -0.178. The number of carbonyl (C=O) groups is 2. The molecule has 7 heteroatoms. The average molecular weight is 306 g/mol. The summed E-state index contributed by atoms with van der Waals surface area (Å²) in [6, 6.07) is 9.73. The van der Waals surface area contributed by atoms with Gasteiger partial charge in [0.25, 0.3) is 5.79 Å². The first-order chi connectivity index (χ1) is 10.5. The van der Waals surface area contributed by atoms with Gasteiger partial charge in [-0.15, -0.1) is 0 Å². The number of nitrogens with zero attached hydrogens (tertiary/aromatic N) is 1. The van der Waals surface area contributed by atoms with Gasteiger partial charge in [-0.3, -0.25) is 0 Å². The lowest BCUT2D eigenvalue weighted by molar-refractivity contribution is -0.314. The smallest absolute Gasteiger partial charge is 0.367 e. The molecule has 0 amide bonds. The molecule has 1 rings (SSSR count). The van der Waals surface area contributed by atoms with Crippen molar-refractivity contribution in [2.75, 3.05) is 21.3 Å². The van der Waals surface area contributed by atoms with Gasteiger partial charge in [-0.25, -0.2) is 4.79 Å². The molecule has 0 N–H and O–H groups in total. The molecule has 0 saturated carbocycles. The van der Waals surface area contributed by atoms with Gasteiger partial charge in [0.2, 0.25) is 0 Å². The molecule has 2 unspecified atom stereocenters. The second-order valence-electron chi connectivity index (χ2n) is 4.38. The van der Waals surface area contributed by atoms with Crippen molar-refractivity contribution in [1.82, 2.24) is 0 Å². The Morgan fingerprint density at radius 3 is 2.09 bits per heavy atom. The SMILES string of the molecule is COC(=O)C(OC)(OC)C(c1ccccc1)C(C#N)C(=O)[O-]. The number of methoxy groups -OCH3 is 3. The molecule has 0 bridgehead atoms. The van der Waals surface area contributed by atoms with Crippen molar-refractivity contribution in [3.8, 4) is 6.07 Å². The molecule has 0 aliphatic rings. The zero-order valence-corrected chi connectivity index (χ0v) is 12.4. The van der Waals surface area contributed by atoms with Crippen LogP contribution in [0.2, 0.25) is 0 Å². The van der Waals surface area contributed by atoms with Gasteiger partial charge < -0.3 is 24.1 Å². The van der Waals surface area contributed by atoms with Crippen LogP contribution >= 0.6 is 0 Å². The van der Waals surface area contributed by atoms with Crippen molar-refractivity contribution >= 4 is 11.9 Å². The van der Waals surface area contributed by atoms with E-state index in [-0.39, 0.29) is 0 Å². The Morgan fingerprint density at radius 2 is 1.73 bits per heavy atom. The number of benzene rings is 1. The van der Waals surface area contributed by atoms with Crippen LogP contribution in [0.3, 0.4) is 0 Å². The highest BCUT2D eigenvalue weighted by Crippen LogP contribution is 2.39. The third-order valence-electron chi connectivity index (χ3n) is 3.37. The van der Waals surface area contributed by atoms with E-state index in [0.717, 1.165) is 7.11 Å². The Hall–Kier alpha value is -2.43. The van der Waals surface area contributed by atoms with Crippen LogP contribution in [0.1, 0.15) is 11.5 Å². The molecule has 1 aromatic rings. The van der Waals surface area contributed by atoms with Gasteiger partial charge in [-0.05, 0) is 5.56 Å². The molecule has 1 aromatic carbocycles. The zero-order chi connectivity index (χ0) is 16.8. The monoisotopic (exact) mass is 306 g/mol. The number of hydrogen-bond acceptors (Lipinski definition) is 7. The normalized spacial score (nSPS) is 13.7. The second kappa shape index (κ2) is 7.54. The molecular weight excluding hydrogens is 290 g/mol. The molecule has 0 aliphatic carbocycles. The fourth-order valence-electron chi connectivity index (χ4n) is 2.33. The first-order valence-corrected chi connectivity index (χ1v) is 6.32. The number of carbonyl (C=O) groups excluding carboxylic acids is 2. The maximum atomic E-state index is 12.2. The highest BCUT2D eigenvalue weighted by Gasteiger charge is 2.53. The molecular formula is C15H16NO6-. The molecule has 0 saturated heterocycles. The van der Waals surface area contributed by atoms with E-state index in [0.29, 0.717) is 5.56 Å². The number of nitriles is 1. The summed E-state index contributed by atoms with van der Waals surface area (Å²) in [6.07, 6.45) is 0. The van der Waals surface area contributed by atoms with Crippen molar-refractivity contribution in [3.05, 3.63) is 35.9 Å². The standard InChI is InChI=1S/C15H17NO6/c1-20-14(19)15(21-2,22-3)12(11(9-16)13(17)18)10-7-5-4-6-8-10/h4-8,11-12H,1-3H3,(H,17,18)/p-1. The molecule has 0 spiro atoms. The summed E-state index contributed by atoms with van der Waals surface area (Å²) in [5.41, 5.74) is 0.368. The first kappa shape index (κ1) is 17.6. The summed E-state index contributed by atoms with van der Waals surface area (Å²) in [7, 11) is 3.44. The summed E-state index contributed by atoms with van der Waals surface area (Å²) in [5.74, 6) is -7.63. The summed E-state index contributed by atoms with van der Waals surface area (Å²) in [4.78, 5) is 23.5. The molecule has 0 aliphatic heterocycles. The summed E-state index contributed by atoms with van der Waals surface area (Å²) in [5, 5.41) is 20.5. The largest absolute Gasteiger partial charge is 0.549 e. The van der Waals surface area contributed by atoms with Gasteiger partial charge in [0.1, 0.15) is 0 Å². The van der Waals surface area contributed by atoms with Crippen LogP contribution in [0.25, 0.3) is 0 Å². The van der Waals surface area contributed by atoms with Crippen molar-refractivity contribution in [2.45, 2.75) is 11.7 Å². The minimum Gasteiger partial charge on any atom is -0.549 e. The third-order valence-corrected chi connectivity index (χ3v) is 3.37. The van der Waals surface area contributed by atoms with Gasteiger partial charge >= 0.3 is 5.97 Å². The molecule has 118 valence electrons. The van der Waals surface area contributed by atoms with Gasteiger partial charge in [0, 0.05) is 14.2 Å². The maximum absolute atomic E-state index is 12.2. The lowest BCUT2D eigenvalue weighted by Gasteiger charge is -2.38. The van der Waals surface area contributed by atoms with Crippen molar-refractivity contribution in [2.24, 2.45) is 5.92 Å². The Bertz CT molecular complexity index is 561. The van der Waals surface area contributed by atoms with E-state index in [1.807, 2.05) is 0 Å². The highest BCUT2D eigenvalue weighted by molar-refractivity contribution is 5.82. The van der Waals surface area contributed by atoms with Gasteiger partial charge in [-0.2, -0.15) is 5.26 Å². The molecule has 0 fully saturated rings. The van der Waals surface area contributed by atoms with E-state index >= 15 is 0 Å². The minimum absolute atomic E-state index is 0.368. The van der Waals surface area contributed by atoms with Gasteiger partial charge in [-0.1, -0.05) is 30.3 Å². The number of carboxylic acids is 1. The third kappa shape index (κ3) is 3.08. The lowest BCUT2D eigenvalue weighted by atomic mass is 9.80. The molecule has 0 radical (unpaired) electrons. The average Bonchev–Trinajstić information content (AvgIpc) is 2.55. The topological polar surface area (TPSA) is 109 Å². The predicted molar refractivity (Wildman–Crippen MR) is 72.1 cm³/mol. The second-order valence-corrected chi connectivity index (χ2v) is 4.38. The van der Waals surface area contributed by atoms with Crippen molar-refractivity contribution in [1.29, 1.82) is 5.26 Å². The van der Waals surface area contributed by atoms with E-state index in [1.54, 1.807) is 36.4 Å². The van der Waals surface area contributed by atoms with E-state index in [1.165, 1.54) is 14.2 Å². The van der Waals surface area contributed by atoms with E-state index < -0.39 is 29.6 Å². The Morgan fingerprint density at radius 1 is 1.18 bits per heavy atom. The van der Waals surface area contributed by atoms with Crippen molar-refractivity contribution in [3.63, 3.8) is 0 Å². The first-order valence-electron chi connectivity index (χ1n) is 6.32. The van der Waals surface area contributed by atoms with E-state index in [9.17, 15) is 20.0 Å². The molecule has 0 aromatic heterocycles. The molecule has 2 atom stereocenters. The Balaban J connectivity index is 3.57.